The fraction of sp³-hybridized carbons (Fsp3) is 1.00. The van der Waals surface area contributed by atoms with Gasteiger partial charge in [0, 0.05) is 13.1 Å². The Morgan fingerprint density at radius 1 is 1.25 bits per heavy atom. The maximum atomic E-state index is 12.2. The molecule has 0 aromatic rings. The Kier molecular flexibility index (Phi) is 3.87. The predicted octanol–water partition coefficient (Wildman–Crippen LogP) is 0.658. The largest absolute Gasteiger partial charge is 0.317 e. The second-order valence-electron chi connectivity index (χ2n) is 5.22. The number of hydrogen-bond acceptors (Lipinski definition) is 3. The van der Waals surface area contributed by atoms with Gasteiger partial charge in [-0.3, -0.25) is 0 Å². The van der Waals surface area contributed by atoms with E-state index in [9.17, 15) is 8.42 Å². The van der Waals surface area contributed by atoms with Gasteiger partial charge in [0.05, 0.1) is 5.75 Å². The van der Waals surface area contributed by atoms with Crippen LogP contribution >= 0.6 is 0 Å². The van der Waals surface area contributed by atoms with Crippen molar-refractivity contribution in [3.8, 4) is 0 Å². The summed E-state index contributed by atoms with van der Waals surface area (Å²) >= 11 is 0. The van der Waals surface area contributed by atoms with Crippen LogP contribution < -0.4 is 5.32 Å². The van der Waals surface area contributed by atoms with Crippen LogP contribution in [0.25, 0.3) is 0 Å². The van der Waals surface area contributed by atoms with E-state index in [2.05, 4.69) is 12.2 Å². The minimum atomic E-state index is -2.99. The zero-order valence-electron chi connectivity index (χ0n) is 9.98. The average Bonchev–Trinajstić information content (AvgIpc) is 2.66. The molecule has 0 aliphatic carbocycles. The number of hydrogen-bond donors (Lipinski definition) is 1. The fourth-order valence-electron chi connectivity index (χ4n) is 2.60. The quantitative estimate of drug-likeness (QED) is 0.796. The van der Waals surface area contributed by atoms with Crippen molar-refractivity contribution in [1.29, 1.82) is 0 Å². The van der Waals surface area contributed by atoms with Gasteiger partial charge in [-0.2, -0.15) is 0 Å². The maximum absolute atomic E-state index is 12.2. The van der Waals surface area contributed by atoms with Crippen LogP contribution in [0.3, 0.4) is 0 Å². The van der Waals surface area contributed by atoms with Crippen molar-refractivity contribution in [1.82, 2.24) is 9.62 Å². The zero-order valence-corrected chi connectivity index (χ0v) is 10.8. The van der Waals surface area contributed by atoms with Crippen LogP contribution in [0.2, 0.25) is 0 Å². The molecule has 2 heterocycles. The predicted molar refractivity (Wildman–Crippen MR) is 64.7 cm³/mol. The van der Waals surface area contributed by atoms with Crippen molar-refractivity contribution in [2.45, 2.75) is 26.2 Å². The molecule has 1 unspecified atom stereocenters. The summed E-state index contributed by atoms with van der Waals surface area (Å²) in [6, 6.07) is 0. The van der Waals surface area contributed by atoms with Crippen LogP contribution in [0.15, 0.2) is 0 Å². The summed E-state index contributed by atoms with van der Waals surface area (Å²) in [5.74, 6) is 1.26. The van der Waals surface area contributed by atoms with Crippen molar-refractivity contribution in [2.75, 3.05) is 31.9 Å². The first kappa shape index (κ1) is 12.3. The van der Waals surface area contributed by atoms with Crippen LogP contribution in [0.4, 0.5) is 0 Å². The summed E-state index contributed by atoms with van der Waals surface area (Å²) < 4.78 is 26.0. The second kappa shape index (κ2) is 5.02. The van der Waals surface area contributed by atoms with Gasteiger partial charge in [0.15, 0.2) is 0 Å². The highest BCUT2D eigenvalue weighted by Crippen LogP contribution is 2.22. The standard InChI is InChI=1S/C11H22N2O2S/c1-10-4-7-13(8-10)16(14,15)9-11-2-5-12-6-3-11/h10-12H,2-9H2,1H3. The second-order valence-corrected chi connectivity index (χ2v) is 7.24. The van der Waals surface area contributed by atoms with Gasteiger partial charge in [-0.05, 0) is 44.2 Å². The van der Waals surface area contributed by atoms with Gasteiger partial charge < -0.3 is 5.32 Å². The summed E-state index contributed by atoms with van der Waals surface area (Å²) in [7, 11) is -2.99. The Morgan fingerprint density at radius 2 is 1.94 bits per heavy atom. The molecule has 0 bridgehead atoms. The van der Waals surface area contributed by atoms with Crippen molar-refractivity contribution < 1.29 is 8.42 Å². The molecule has 0 spiro atoms. The highest BCUT2D eigenvalue weighted by Gasteiger charge is 2.31. The normalized spacial score (nSPS) is 29.7. The Labute approximate surface area is 98.4 Å². The SMILES string of the molecule is CC1CCN(S(=O)(=O)CC2CCNCC2)C1. The van der Waals surface area contributed by atoms with Crippen LogP contribution in [0.1, 0.15) is 26.2 Å². The summed E-state index contributed by atoms with van der Waals surface area (Å²) in [5, 5.41) is 3.27. The minimum absolute atomic E-state index is 0.363. The van der Waals surface area contributed by atoms with Gasteiger partial charge >= 0.3 is 0 Å². The molecule has 2 rings (SSSR count). The Hall–Kier alpha value is -0.130. The number of sulfonamides is 1. The van der Waals surface area contributed by atoms with Crippen LogP contribution in [0.5, 0.6) is 0 Å². The smallest absolute Gasteiger partial charge is 0.214 e. The van der Waals surface area contributed by atoms with Crippen molar-refractivity contribution in [2.24, 2.45) is 11.8 Å². The number of nitrogens with one attached hydrogen (secondary N) is 1. The first-order chi connectivity index (χ1) is 7.58. The Bertz CT molecular complexity index is 323. The van der Waals surface area contributed by atoms with E-state index in [1.807, 2.05) is 0 Å². The maximum Gasteiger partial charge on any atom is 0.214 e. The van der Waals surface area contributed by atoms with E-state index in [-0.39, 0.29) is 0 Å². The summed E-state index contributed by atoms with van der Waals surface area (Å²) in [6.45, 7) is 5.52. The topological polar surface area (TPSA) is 49.4 Å². The monoisotopic (exact) mass is 246 g/mol. The lowest BCUT2D eigenvalue weighted by Gasteiger charge is -2.25. The zero-order chi connectivity index (χ0) is 11.6. The van der Waals surface area contributed by atoms with E-state index in [1.54, 1.807) is 4.31 Å². The van der Waals surface area contributed by atoms with Gasteiger partial charge in [0.2, 0.25) is 10.0 Å². The lowest BCUT2D eigenvalue weighted by atomic mass is 10.0. The average molecular weight is 246 g/mol. The lowest BCUT2D eigenvalue weighted by Crippen LogP contribution is -2.37. The van der Waals surface area contributed by atoms with Crippen LogP contribution in [-0.2, 0) is 10.0 Å². The summed E-state index contributed by atoms with van der Waals surface area (Å²) in [5.41, 5.74) is 0. The van der Waals surface area contributed by atoms with Gasteiger partial charge in [0.25, 0.3) is 0 Å². The van der Waals surface area contributed by atoms with E-state index >= 15 is 0 Å². The Balaban J connectivity index is 1.91. The molecule has 2 fully saturated rings. The molecule has 1 atom stereocenters. The Morgan fingerprint density at radius 3 is 2.50 bits per heavy atom. The first-order valence-electron chi connectivity index (χ1n) is 6.26. The highest BCUT2D eigenvalue weighted by atomic mass is 32.2. The molecule has 2 saturated heterocycles. The molecule has 2 aliphatic heterocycles. The van der Waals surface area contributed by atoms with Crippen LogP contribution in [-0.4, -0.2) is 44.7 Å². The van der Waals surface area contributed by atoms with E-state index in [1.165, 1.54) is 0 Å². The molecular weight excluding hydrogens is 224 g/mol. The van der Waals surface area contributed by atoms with E-state index in [0.717, 1.165) is 45.4 Å². The number of piperidine rings is 1. The third-order valence-corrected chi connectivity index (χ3v) is 5.70. The molecule has 0 aromatic heterocycles. The van der Waals surface area contributed by atoms with Gasteiger partial charge in [-0.1, -0.05) is 6.92 Å². The molecule has 4 nitrogen and oxygen atoms in total. The van der Waals surface area contributed by atoms with Gasteiger partial charge in [-0.25, -0.2) is 12.7 Å². The summed E-state index contributed by atoms with van der Waals surface area (Å²) in [6.07, 6.45) is 3.02. The lowest BCUT2D eigenvalue weighted by molar-refractivity contribution is 0.388. The third kappa shape index (κ3) is 2.96. The van der Waals surface area contributed by atoms with Crippen LogP contribution in [0, 0.1) is 11.8 Å². The van der Waals surface area contributed by atoms with Crippen molar-refractivity contribution in [3.63, 3.8) is 0 Å². The molecule has 0 radical (unpaired) electrons. The molecule has 5 heteroatoms. The molecule has 0 saturated carbocycles. The number of nitrogens with zero attached hydrogens (tertiary/aromatic N) is 1. The van der Waals surface area contributed by atoms with Crippen molar-refractivity contribution in [3.05, 3.63) is 0 Å². The molecule has 1 N–H and O–H groups in total. The molecule has 2 aliphatic rings. The van der Waals surface area contributed by atoms with Gasteiger partial charge in [0.1, 0.15) is 0 Å². The molecular formula is C11H22N2O2S. The molecule has 94 valence electrons. The molecule has 0 amide bonds. The number of rotatable bonds is 3. The van der Waals surface area contributed by atoms with Crippen molar-refractivity contribution >= 4 is 10.0 Å². The van der Waals surface area contributed by atoms with E-state index in [0.29, 0.717) is 17.6 Å². The van der Waals surface area contributed by atoms with E-state index in [4.69, 9.17) is 0 Å². The van der Waals surface area contributed by atoms with E-state index < -0.39 is 10.0 Å². The van der Waals surface area contributed by atoms with Gasteiger partial charge in [-0.15, -0.1) is 0 Å². The highest BCUT2D eigenvalue weighted by molar-refractivity contribution is 7.89. The fourth-order valence-corrected chi connectivity index (χ4v) is 4.60. The molecule has 16 heavy (non-hydrogen) atoms. The molecule has 0 aromatic carbocycles. The minimum Gasteiger partial charge on any atom is -0.317 e. The first-order valence-corrected chi connectivity index (χ1v) is 7.87. The summed E-state index contributed by atoms with van der Waals surface area (Å²) in [4.78, 5) is 0. The third-order valence-electron chi connectivity index (χ3n) is 3.69.